The van der Waals surface area contributed by atoms with Gasteiger partial charge < -0.3 is 10.2 Å². The van der Waals surface area contributed by atoms with Crippen molar-refractivity contribution in [2.24, 2.45) is 5.92 Å². The highest BCUT2D eigenvalue weighted by Crippen LogP contribution is 2.26. The first-order valence-electron chi connectivity index (χ1n) is 9.18. The number of nitrogens with one attached hydrogen (secondary N) is 1. The molecule has 1 N–H and O–H groups in total. The maximum absolute atomic E-state index is 12.6. The molecule has 6 heteroatoms. The number of carbonyl (C=O) groups is 2. The Kier molecular flexibility index (Phi) is 5.37. The highest BCUT2D eigenvalue weighted by molar-refractivity contribution is 5.79. The lowest BCUT2D eigenvalue weighted by Crippen LogP contribution is -2.61. The predicted molar refractivity (Wildman–Crippen MR) is 95.7 cm³/mol. The van der Waals surface area contributed by atoms with E-state index >= 15 is 0 Å². The molecule has 1 atom stereocenters. The van der Waals surface area contributed by atoms with Crippen LogP contribution >= 0.6 is 0 Å². The lowest BCUT2D eigenvalue weighted by Gasteiger charge is -2.41. The molecule has 2 aliphatic heterocycles. The fourth-order valence-corrected chi connectivity index (χ4v) is 3.95. The molecule has 6 nitrogen and oxygen atoms in total. The van der Waals surface area contributed by atoms with E-state index in [1.807, 2.05) is 31.0 Å². The number of hydrogen-bond acceptors (Lipinski definition) is 4. The third-order valence-electron chi connectivity index (χ3n) is 5.10. The summed E-state index contributed by atoms with van der Waals surface area (Å²) in [5.74, 6) is 0.245. The molecule has 0 bridgehead atoms. The number of piperidine rings is 1. The monoisotopic (exact) mass is 344 g/mol. The zero-order valence-electron chi connectivity index (χ0n) is 15.2. The smallest absolute Gasteiger partial charge is 0.225 e. The number of hydrogen-bond donors (Lipinski definition) is 1. The molecular formula is C19H28N4O2. The molecular weight excluding hydrogens is 316 g/mol. The maximum atomic E-state index is 12.6. The zero-order valence-corrected chi connectivity index (χ0v) is 15.2. The van der Waals surface area contributed by atoms with Crippen molar-refractivity contribution < 1.29 is 9.59 Å². The van der Waals surface area contributed by atoms with Crippen molar-refractivity contribution in [3.63, 3.8) is 0 Å². The van der Waals surface area contributed by atoms with Crippen molar-refractivity contribution in [2.75, 3.05) is 26.2 Å². The number of carbonyl (C=O) groups excluding carboxylic acids is 2. The summed E-state index contributed by atoms with van der Waals surface area (Å²) in [6.07, 6.45) is 6.05. The fourth-order valence-electron chi connectivity index (χ4n) is 3.95. The molecule has 1 aromatic heterocycles. The lowest BCUT2D eigenvalue weighted by molar-refractivity contribution is -0.136. The van der Waals surface area contributed by atoms with E-state index in [1.54, 1.807) is 6.20 Å². The number of nitrogens with zero attached hydrogens (tertiary/aromatic N) is 3. The Hall–Kier alpha value is -1.95. The van der Waals surface area contributed by atoms with Crippen LogP contribution in [0, 0.1) is 5.92 Å². The molecule has 0 radical (unpaired) electrons. The van der Waals surface area contributed by atoms with Crippen LogP contribution in [0.2, 0.25) is 0 Å². The minimum atomic E-state index is -0.335. The van der Waals surface area contributed by atoms with Gasteiger partial charge in [-0.05, 0) is 24.5 Å². The Balaban J connectivity index is 1.80. The van der Waals surface area contributed by atoms with Crippen molar-refractivity contribution in [1.82, 2.24) is 20.1 Å². The van der Waals surface area contributed by atoms with Gasteiger partial charge in [0.25, 0.3) is 0 Å². The van der Waals surface area contributed by atoms with Crippen LogP contribution < -0.4 is 5.32 Å². The lowest BCUT2D eigenvalue weighted by atomic mass is 9.87. The average molecular weight is 344 g/mol. The second-order valence-electron chi connectivity index (χ2n) is 7.67. The van der Waals surface area contributed by atoms with Gasteiger partial charge >= 0.3 is 0 Å². The van der Waals surface area contributed by atoms with Crippen LogP contribution in [0.15, 0.2) is 24.5 Å². The molecule has 0 unspecified atom stereocenters. The summed E-state index contributed by atoms with van der Waals surface area (Å²) in [5.41, 5.74) is 0.821. The summed E-state index contributed by atoms with van der Waals surface area (Å²) in [7, 11) is 0. The summed E-state index contributed by atoms with van der Waals surface area (Å²) < 4.78 is 0. The van der Waals surface area contributed by atoms with Gasteiger partial charge in [-0.3, -0.25) is 19.5 Å². The van der Waals surface area contributed by atoms with E-state index in [-0.39, 0.29) is 23.3 Å². The molecule has 3 heterocycles. The SMILES string of the molecule is CC(C)C(=O)N1CCN(Cc2cccnc2)C[C@]2(CCCC(=O)N2)C1. The quantitative estimate of drug-likeness (QED) is 0.901. The molecule has 136 valence electrons. The van der Waals surface area contributed by atoms with Crippen LogP contribution in [0.3, 0.4) is 0 Å². The molecule has 2 aliphatic rings. The van der Waals surface area contributed by atoms with E-state index in [1.165, 1.54) is 0 Å². The molecule has 2 amide bonds. The predicted octanol–water partition coefficient (Wildman–Crippen LogP) is 1.42. The van der Waals surface area contributed by atoms with E-state index < -0.39 is 0 Å². The molecule has 0 saturated carbocycles. The summed E-state index contributed by atoms with van der Waals surface area (Å²) in [4.78, 5) is 33.2. The Morgan fingerprint density at radius 3 is 2.88 bits per heavy atom. The van der Waals surface area contributed by atoms with E-state index in [0.29, 0.717) is 19.5 Å². The molecule has 0 aromatic carbocycles. The zero-order chi connectivity index (χ0) is 17.9. The highest BCUT2D eigenvalue weighted by Gasteiger charge is 2.41. The van der Waals surface area contributed by atoms with Crippen molar-refractivity contribution in [3.8, 4) is 0 Å². The Labute approximate surface area is 149 Å². The van der Waals surface area contributed by atoms with Crippen LogP contribution in [0.5, 0.6) is 0 Å². The van der Waals surface area contributed by atoms with Crippen LogP contribution in [0.1, 0.15) is 38.7 Å². The standard InChI is InChI=1S/C19H28N4O2/c1-15(2)18(25)23-10-9-22(12-16-5-4-8-20-11-16)13-19(14-23)7-3-6-17(24)21-19/h4-5,8,11,15H,3,6-7,9-10,12-14H2,1-2H3,(H,21,24)/t19-/m1/s1. The molecule has 25 heavy (non-hydrogen) atoms. The van der Waals surface area contributed by atoms with Gasteiger partial charge in [0.15, 0.2) is 0 Å². The third-order valence-corrected chi connectivity index (χ3v) is 5.10. The second kappa shape index (κ2) is 7.52. The van der Waals surface area contributed by atoms with Crippen LogP contribution in [-0.2, 0) is 16.1 Å². The molecule has 0 aliphatic carbocycles. The Bertz CT molecular complexity index is 619. The van der Waals surface area contributed by atoms with E-state index in [0.717, 1.165) is 38.0 Å². The van der Waals surface area contributed by atoms with Gasteiger partial charge in [0.2, 0.25) is 11.8 Å². The van der Waals surface area contributed by atoms with Gasteiger partial charge in [-0.25, -0.2) is 0 Å². The van der Waals surface area contributed by atoms with E-state index in [4.69, 9.17) is 0 Å². The molecule has 3 rings (SSSR count). The minimum Gasteiger partial charge on any atom is -0.348 e. The van der Waals surface area contributed by atoms with Gasteiger partial charge in [-0.1, -0.05) is 19.9 Å². The fraction of sp³-hybridized carbons (Fsp3) is 0.632. The second-order valence-corrected chi connectivity index (χ2v) is 7.67. The number of pyridine rings is 1. The summed E-state index contributed by atoms with van der Waals surface area (Å²) >= 11 is 0. The third kappa shape index (κ3) is 4.37. The van der Waals surface area contributed by atoms with Crippen LogP contribution in [0.25, 0.3) is 0 Å². The summed E-state index contributed by atoms with van der Waals surface area (Å²) in [5, 5.41) is 3.22. The van der Waals surface area contributed by atoms with Crippen molar-refractivity contribution in [1.29, 1.82) is 0 Å². The topological polar surface area (TPSA) is 65.5 Å². The van der Waals surface area contributed by atoms with Crippen molar-refractivity contribution >= 4 is 11.8 Å². The molecule has 1 spiro atoms. The first-order chi connectivity index (χ1) is 12.0. The van der Waals surface area contributed by atoms with Crippen molar-refractivity contribution in [3.05, 3.63) is 30.1 Å². The highest BCUT2D eigenvalue weighted by atomic mass is 16.2. The first-order valence-corrected chi connectivity index (χ1v) is 9.18. The first kappa shape index (κ1) is 17.9. The summed E-state index contributed by atoms with van der Waals surface area (Å²) in [6.45, 7) is 7.56. The van der Waals surface area contributed by atoms with Crippen molar-refractivity contribution in [2.45, 2.75) is 45.2 Å². The van der Waals surface area contributed by atoms with Gasteiger partial charge in [0.1, 0.15) is 0 Å². The van der Waals surface area contributed by atoms with Gasteiger partial charge in [0.05, 0.1) is 5.54 Å². The van der Waals surface area contributed by atoms with E-state index in [2.05, 4.69) is 21.3 Å². The van der Waals surface area contributed by atoms with Crippen LogP contribution in [-0.4, -0.2) is 58.3 Å². The number of amides is 2. The van der Waals surface area contributed by atoms with Gasteiger partial charge in [0, 0.05) is 57.5 Å². The minimum absolute atomic E-state index is 0.0267. The molecule has 2 fully saturated rings. The Morgan fingerprint density at radius 2 is 2.20 bits per heavy atom. The number of aromatic nitrogens is 1. The maximum Gasteiger partial charge on any atom is 0.225 e. The van der Waals surface area contributed by atoms with Gasteiger partial charge in [-0.15, -0.1) is 0 Å². The Morgan fingerprint density at radius 1 is 1.36 bits per heavy atom. The largest absolute Gasteiger partial charge is 0.348 e. The van der Waals surface area contributed by atoms with E-state index in [9.17, 15) is 9.59 Å². The number of rotatable bonds is 3. The summed E-state index contributed by atoms with van der Waals surface area (Å²) in [6, 6.07) is 4.01. The average Bonchev–Trinajstić information content (AvgIpc) is 2.74. The molecule has 1 aromatic rings. The molecule has 2 saturated heterocycles. The van der Waals surface area contributed by atoms with Gasteiger partial charge in [-0.2, -0.15) is 0 Å². The van der Waals surface area contributed by atoms with Crippen LogP contribution in [0.4, 0.5) is 0 Å². The normalized spacial score (nSPS) is 25.1.